The van der Waals surface area contributed by atoms with Crippen LogP contribution >= 0.6 is 27.5 Å². The van der Waals surface area contributed by atoms with E-state index in [0.717, 1.165) is 5.56 Å². The highest BCUT2D eigenvalue weighted by Gasteiger charge is 1.99. The van der Waals surface area contributed by atoms with Crippen LogP contribution in [0.25, 0.3) is 0 Å². The number of alkyl halides is 1. The number of rotatable bonds is 1. The SMILES string of the molecule is CC(Br)c1cncc(Cl)c1. The summed E-state index contributed by atoms with van der Waals surface area (Å²) in [5, 5.41) is 0.684. The van der Waals surface area contributed by atoms with Gasteiger partial charge in [-0.3, -0.25) is 4.98 Å². The Morgan fingerprint density at radius 1 is 1.60 bits per heavy atom. The maximum absolute atomic E-state index is 5.71. The lowest BCUT2D eigenvalue weighted by molar-refractivity contribution is 1.09. The van der Waals surface area contributed by atoms with Crippen molar-refractivity contribution >= 4 is 27.5 Å². The molecule has 1 aromatic rings. The van der Waals surface area contributed by atoms with Crippen LogP contribution in [0.4, 0.5) is 0 Å². The van der Waals surface area contributed by atoms with Gasteiger partial charge in [-0.05, 0) is 18.6 Å². The van der Waals surface area contributed by atoms with Crippen molar-refractivity contribution in [2.75, 3.05) is 0 Å². The van der Waals surface area contributed by atoms with E-state index in [-0.39, 0.29) is 0 Å². The van der Waals surface area contributed by atoms with Gasteiger partial charge in [0.05, 0.1) is 5.02 Å². The summed E-state index contributed by atoms with van der Waals surface area (Å²) in [5.41, 5.74) is 1.10. The van der Waals surface area contributed by atoms with E-state index in [0.29, 0.717) is 9.85 Å². The third-order valence-electron chi connectivity index (χ3n) is 1.19. The minimum Gasteiger partial charge on any atom is -0.263 e. The molecular formula is C7H7BrClN. The molecule has 1 unspecified atom stereocenters. The highest BCUT2D eigenvalue weighted by molar-refractivity contribution is 9.09. The Morgan fingerprint density at radius 3 is 2.70 bits per heavy atom. The maximum atomic E-state index is 5.71. The zero-order valence-corrected chi connectivity index (χ0v) is 7.85. The van der Waals surface area contributed by atoms with Gasteiger partial charge in [-0.2, -0.15) is 0 Å². The number of pyridine rings is 1. The van der Waals surface area contributed by atoms with Crippen molar-refractivity contribution in [3.63, 3.8) is 0 Å². The zero-order valence-electron chi connectivity index (χ0n) is 5.51. The molecule has 0 amide bonds. The molecule has 1 heterocycles. The van der Waals surface area contributed by atoms with Gasteiger partial charge in [0.25, 0.3) is 0 Å². The number of halogens is 2. The Labute approximate surface area is 73.6 Å². The maximum Gasteiger partial charge on any atom is 0.0592 e. The third kappa shape index (κ3) is 1.96. The van der Waals surface area contributed by atoms with Gasteiger partial charge in [0.1, 0.15) is 0 Å². The predicted molar refractivity (Wildman–Crippen MR) is 46.6 cm³/mol. The van der Waals surface area contributed by atoms with Crippen molar-refractivity contribution < 1.29 is 0 Å². The lowest BCUT2D eigenvalue weighted by atomic mass is 10.2. The molecule has 0 aliphatic heterocycles. The topological polar surface area (TPSA) is 12.9 Å². The first-order chi connectivity index (χ1) is 4.70. The molecule has 0 radical (unpaired) electrons. The van der Waals surface area contributed by atoms with Crippen molar-refractivity contribution in [1.82, 2.24) is 4.98 Å². The van der Waals surface area contributed by atoms with Gasteiger partial charge in [-0.1, -0.05) is 27.5 Å². The van der Waals surface area contributed by atoms with Gasteiger partial charge in [0.2, 0.25) is 0 Å². The summed E-state index contributed by atoms with van der Waals surface area (Å²) in [7, 11) is 0. The van der Waals surface area contributed by atoms with Gasteiger partial charge >= 0.3 is 0 Å². The Bertz CT molecular complexity index is 225. The van der Waals surface area contributed by atoms with E-state index < -0.39 is 0 Å². The van der Waals surface area contributed by atoms with Gasteiger partial charge < -0.3 is 0 Å². The molecule has 0 aromatic carbocycles. The molecule has 0 aliphatic carbocycles. The van der Waals surface area contributed by atoms with E-state index in [2.05, 4.69) is 20.9 Å². The largest absolute Gasteiger partial charge is 0.263 e. The summed E-state index contributed by atoms with van der Waals surface area (Å²) in [6.45, 7) is 2.04. The van der Waals surface area contributed by atoms with Crippen LogP contribution in [0, 0.1) is 0 Å². The van der Waals surface area contributed by atoms with E-state index in [9.17, 15) is 0 Å². The quantitative estimate of drug-likeness (QED) is 0.663. The summed E-state index contributed by atoms with van der Waals surface area (Å²) in [5.74, 6) is 0. The smallest absolute Gasteiger partial charge is 0.0592 e. The molecule has 1 atom stereocenters. The van der Waals surface area contributed by atoms with Crippen LogP contribution in [-0.2, 0) is 0 Å². The second-order valence-corrected chi connectivity index (χ2v) is 3.86. The van der Waals surface area contributed by atoms with Crippen molar-refractivity contribution in [2.45, 2.75) is 11.8 Å². The summed E-state index contributed by atoms with van der Waals surface area (Å²) in [6.07, 6.45) is 3.42. The number of hydrogen-bond acceptors (Lipinski definition) is 1. The zero-order chi connectivity index (χ0) is 7.56. The van der Waals surface area contributed by atoms with E-state index in [1.807, 2.05) is 13.0 Å². The molecule has 0 N–H and O–H groups in total. The molecule has 0 aliphatic rings. The summed E-state index contributed by atoms with van der Waals surface area (Å²) < 4.78 is 0. The van der Waals surface area contributed by atoms with Crippen LogP contribution in [0.3, 0.4) is 0 Å². The molecule has 1 aromatic heterocycles. The average Bonchev–Trinajstić information content (AvgIpc) is 1.88. The molecule has 0 fully saturated rings. The van der Waals surface area contributed by atoms with Crippen LogP contribution in [0.1, 0.15) is 17.3 Å². The Kier molecular flexibility index (Phi) is 2.69. The summed E-state index contributed by atoms with van der Waals surface area (Å²) in [4.78, 5) is 4.26. The first kappa shape index (κ1) is 8.02. The monoisotopic (exact) mass is 219 g/mol. The van der Waals surface area contributed by atoms with E-state index >= 15 is 0 Å². The lowest BCUT2D eigenvalue weighted by Crippen LogP contribution is -1.84. The second kappa shape index (κ2) is 3.35. The standard InChI is InChI=1S/C7H7BrClN/c1-5(8)6-2-7(9)4-10-3-6/h2-5H,1H3. The van der Waals surface area contributed by atoms with E-state index in [1.165, 1.54) is 0 Å². The molecule has 10 heavy (non-hydrogen) atoms. The third-order valence-corrected chi connectivity index (χ3v) is 1.92. The summed E-state index contributed by atoms with van der Waals surface area (Å²) >= 11 is 9.12. The van der Waals surface area contributed by atoms with Crippen LogP contribution in [0.5, 0.6) is 0 Å². The number of nitrogens with zero attached hydrogens (tertiary/aromatic N) is 1. The predicted octanol–water partition coefficient (Wildman–Crippen LogP) is 3.19. The average molecular weight is 220 g/mol. The Hall–Kier alpha value is -0.0800. The van der Waals surface area contributed by atoms with Crippen molar-refractivity contribution in [2.24, 2.45) is 0 Å². The first-order valence-corrected chi connectivity index (χ1v) is 4.24. The van der Waals surface area contributed by atoms with Gasteiger partial charge in [-0.15, -0.1) is 0 Å². The van der Waals surface area contributed by atoms with Crippen LogP contribution in [-0.4, -0.2) is 4.98 Å². The van der Waals surface area contributed by atoms with Crippen molar-refractivity contribution in [3.8, 4) is 0 Å². The number of hydrogen-bond donors (Lipinski definition) is 0. The molecule has 0 spiro atoms. The molecule has 0 saturated heterocycles. The fraction of sp³-hybridized carbons (Fsp3) is 0.286. The van der Waals surface area contributed by atoms with Crippen LogP contribution < -0.4 is 0 Å². The normalized spacial score (nSPS) is 13.1. The Balaban J connectivity index is 2.96. The fourth-order valence-corrected chi connectivity index (χ4v) is 1.08. The molecule has 1 rings (SSSR count). The lowest BCUT2D eigenvalue weighted by Gasteiger charge is -2.01. The highest BCUT2D eigenvalue weighted by atomic mass is 79.9. The first-order valence-electron chi connectivity index (χ1n) is 2.94. The van der Waals surface area contributed by atoms with Crippen LogP contribution in [0.15, 0.2) is 18.5 Å². The minimum absolute atomic E-state index is 0.318. The molecule has 0 bridgehead atoms. The molecular weight excluding hydrogens is 213 g/mol. The second-order valence-electron chi connectivity index (χ2n) is 2.05. The van der Waals surface area contributed by atoms with Crippen molar-refractivity contribution in [3.05, 3.63) is 29.0 Å². The Morgan fingerprint density at radius 2 is 2.30 bits per heavy atom. The number of aromatic nitrogens is 1. The molecule has 1 nitrogen and oxygen atoms in total. The van der Waals surface area contributed by atoms with Gasteiger partial charge in [-0.25, -0.2) is 0 Å². The summed E-state index contributed by atoms with van der Waals surface area (Å²) in [6, 6.07) is 1.90. The minimum atomic E-state index is 0.318. The van der Waals surface area contributed by atoms with Gasteiger partial charge in [0.15, 0.2) is 0 Å². The molecule has 0 saturated carbocycles. The molecule has 3 heteroatoms. The highest BCUT2D eigenvalue weighted by Crippen LogP contribution is 2.22. The van der Waals surface area contributed by atoms with E-state index in [1.54, 1.807) is 12.4 Å². The van der Waals surface area contributed by atoms with Crippen LogP contribution in [0.2, 0.25) is 5.02 Å². The van der Waals surface area contributed by atoms with Gasteiger partial charge in [0, 0.05) is 17.2 Å². The molecule has 54 valence electrons. The van der Waals surface area contributed by atoms with Crippen molar-refractivity contribution in [1.29, 1.82) is 0 Å². The fourth-order valence-electron chi connectivity index (χ4n) is 0.646. The van der Waals surface area contributed by atoms with E-state index in [4.69, 9.17) is 11.6 Å².